The van der Waals surface area contributed by atoms with E-state index in [1.54, 1.807) is 38.4 Å². The maximum Gasteiger partial charge on any atom is 0.246 e. The normalized spacial score (nSPS) is 11.1. The van der Waals surface area contributed by atoms with Gasteiger partial charge in [-0.15, -0.1) is 0 Å². The van der Waals surface area contributed by atoms with Gasteiger partial charge in [-0.2, -0.15) is 0 Å². The Labute approximate surface area is 224 Å². The van der Waals surface area contributed by atoms with Crippen molar-refractivity contribution in [3.8, 4) is 17.2 Å². The summed E-state index contributed by atoms with van der Waals surface area (Å²) < 4.78 is 18.3. The number of methoxy groups -OCH3 is 3. The van der Waals surface area contributed by atoms with Crippen molar-refractivity contribution in [3.05, 3.63) is 92.4 Å². The zero-order valence-electron chi connectivity index (χ0n) is 20.3. The summed E-state index contributed by atoms with van der Waals surface area (Å²) in [5.74, 6) is 1.50. The summed E-state index contributed by atoms with van der Waals surface area (Å²) in [5.41, 5.74) is 3.12. The van der Waals surface area contributed by atoms with Crippen molar-refractivity contribution in [2.75, 3.05) is 28.4 Å². The van der Waals surface area contributed by atoms with Gasteiger partial charge in [-0.1, -0.05) is 56.1 Å². The fourth-order valence-electron chi connectivity index (χ4n) is 3.79. The van der Waals surface area contributed by atoms with Crippen molar-refractivity contribution in [3.63, 3.8) is 0 Å². The van der Waals surface area contributed by atoms with Crippen LogP contribution in [0.4, 0.5) is 0 Å². The standard InChI is InChI=1S/C28H29Br2NO4/c1-31(27(32)14-9-21-17-25(33-2)28(35-4)26(18-21)34-3)24(15-19-5-10-22(29)11-6-19)16-20-7-12-23(30)13-8-20/h5-14,17-18,24H,15-16H2,1-4H3/b14-9+. The van der Waals surface area contributed by atoms with Crippen LogP contribution in [-0.2, 0) is 17.6 Å². The second-order valence-corrected chi connectivity index (χ2v) is 9.89. The highest BCUT2D eigenvalue weighted by Crippen LogP contribution is 2.38. The van der Waals surface area contributed by atoms with E-state index in [0.717, 1.165) is 27.4 Å². The first kappa shape index (κ1) is 26.8. The van der Waals surface area contributed by atoms with Crippen molar-refractivity contribution < 1.29 is 19.0 Å². The Hall–Kier alpha value is -2.77. The Kier molecular flexibility index (Phi) is 9.81. The molecule has 0 atom stereocenters. The lowest BCUT2D eigenvalue weighted by Crippen LogP contribution is -2.39. The summed E-state index contributed by atoms with van der Waals surface area (Å²) in [6.45, 7) is 0. The van der Waals surface area contributed by atoms with E-state index >= 15 is 0 Å². The van der Waals surface area contributed by atoms with Crippen LogP contribution in [-0.4, -0.2) is 45.2 Å². The monoisotopic (exact) mass is 601 g/mol. The molecule has 0 fully saturated rings. The van der Waals surface area contributed by atoms with Crippen LogP contribution in [0.25, 0.3) is 6.08 Å². The number of benzene rings is 3. The maximum atomic E-state index is 13.2. The van der Waals surface area contributed by atoms with Gasteiger partial charge in [-0.25, -0.2) is 0 Å². The van der Waals surface area contributed by atoms with E-state index in [2.05, 4.69) is 56.1 Å². The molecule has 3 aromatic rings. The topological polar surface area (TPSA) is 48.0 Å². The Morgan fingerprint density at radius 1 is 0.829 bits per heavy atom. The van der Waals surface area contributed by atoms with Crippen LogP contribution in [0.1, 0.15) is 16.7 Å². The fourth-order valence-corrected chi connectivity index (χ4v) is 4.32. The Morgan fingerprint density at radius 2 is 1.29 bits per heavy atom. The van der Waals surface area contributed by atoms with Gasteiger partial charge in [0.2, 0.25) is 11.7 Å². The summed E-state index contributed by atoms with van der Waals surface area (Å²) in [5, 5.41) is 0. The number of rotatable bonds is 10. The third-order valence-corrected chi connectivity index (χ3v) is 6.83. The Bertz CT molecular complexity index is 1090. The number of carbonyl (C=O) groups excluding carboxylic acids is 1. The number of likely N-dealkylation sites (N-methyl/N-ethyl adjacent to an activating group) is 1. The molecule has 0 aliphatic heterocycles. The minimum absolute atomic E-state index is 0.0190. The molecule has 0 saturated heterocycles. The van der Waals surface area contributed by atoms with E-state index in [4.69, 9.17) is 14.2 Å². The molecule has 0 unspecified atom stereocenters. The molecule has 35 heavy (non-hydrogen) atoms. The maximum absolute atomic E-state index is 13.2. The highest BCUT2D eigenvalue weighted by molar-refractivity contribution is 9.10. The summed E-state index contributed by atoms with van der Waals surface area (Å²) in [6, 6.07) is 20.1. The molecule has 0 aliphatic carbocycles. The summed E-state index contributed by atoms with van der Waals surface area (Å²) >= 11 is 6.99. The molecule has 184 valence electrons. The molecule has 5 nitrogen and oxygen atoms in total. The average Bonchev–Trinajstić information content (AvgIpc) is 2.88. The van der Waals surface area contributed by atoms with Gasteiger partial charge in [0.1, 0.15) is 0 Å². The molecule has 0 heterocycles. The van der Waals surface area contributed by atoms with Gasteiger partial charge >= 0.3 is 0 Å². The molecule has 0 aromatic heterocycles. The number of ether oxygens (including phenoxy) is 3. The lowest BCUT2D eigenvalue weighted by Gasteiger charge is -2.28. The molecule has 0 bridgehead atoms. The molecule has 0 N–H and O–H groups in total. The highest BCUT2D eigenvalue weighted by atomic mass is 79.9. The molecule has 0 saturated carbocycles. The molecular weight excluding hydrogens is 574 g/mol. The van der Waals surface area contributed by atoms with E-state index < -0.39 is 0 Å². The van der Waals surface area contributed by atoms with Crippen LogP contribution in [0, 0.1) is 0 Å². The molecule has 7 heteroatoms. The lowest BCUT2D eigenvalue weighted by molar-refractivity contribution is -0.126. The van der Waals surface area contributed by atoms with Crippen LogP contribution in [0.2, 0.25) is 0 Å². The van der Waals surface area contributed by atoms with Crippen LogP contribution in [0.5, 0.6) is 17.2 Å². The van der Waals surface area contributed by atoms with E-state index in [-0.39, 0.29) is 11.9 Å². The van der Waals surface area contributed by atoms with Crippen molar-refractivity contribution in [1.29, 1.82) is 0 Å². The van der Waals surface area contributed by atoms with Crippen molar-refractivity contribution in [2.45, 2.75) is 18.9 Å². The van der Waals surface area contributed by atoms with Crippen molar-refractivity contribution >= 4 is 43.8 Å². The molecule has 0 aliphatic rings. The van der Waals surface area contributed by atoms with Gasteiger partial charge < -0.3 is 19.1 Å². The molecule has 3 aromatic carbocycles. The first-order valence-corrected chi connectivity index (χ1v) is 12.7. The summed E-state index contributed by atoms with van der Waals surface area (Å²) in [6.07, 6.45) is 4.82. The third-order valence-electron chi connectivity index (χ3n) is 5.77. The SMILES string of the molecule is COc1cc(/C=C/C(=O)N(C)C(Cc2ccc(Br)cc2)Cc2ccc(Br)cc2)cc(OC)c1OC. The predicted molar refractivity (Wildman–Crippen MR) is 147 cm³/mol. The van der Waals surface area contributed by atoms with E-state index in [1.165, 1.54) is 11.1 Å². The number of halogens is 2. The summed E-state index contributed by atoms with van der Waals surface area (Å²) in [7, 11) is 6.55. The zero-order valence-corrected chi connectivity index (χ0v) is 23.4. The van der Waals surface area contributed by atoms with Crippen LogP contribution >= 0.6 is 31.9 Å². The van der Waals surface area contributed by atoms with Gasteiger partial charge in [-0.05, 0) is 72.0 Å². The van der Waals surface area contributed by atoms with Crippen LogP contribution in [0.15, 0.2) is 75.7 Å². The average molecular weight is 603 g/mol. The molecular formula is C28H29Br2NO4. The van der Waals surface area contributed by atoms with Gasteiger partial charge in [0, 0.05) is 28.1 Å². The van der Waals surface area contributed by atoms with E-state index in [0.29, 0.717) is 17.2 Å². The quantitative estimate of drug-likeness (QED) is 0.247. The van der Waals surface area contributed by atoms with Gasteiger partial charge in [0.25, 0.3) is 0 Å². The number of hydrogen-bond acceptors (Lipinski definition) is 4. The fraction of sp³-hybridized carbons (Fsp3) is 0.250. The minimum atomic E-state index is -0.0852. The highest BCUT2D eigenvalue weighted by Gasteiger charge is 2.20. The van der Waals surface area contributed by atoms with Crippen molar-refractivity contribution in [1.82, 2.24) is 4.90 Å². The number of hydrogen-bond donors (Lipinski definition) is 0. The molecule has 0 radical (unpaired) electrons. The first-order chi connectivity index (χ1) is 16.8. The number of amides is 1. The minimum Gasteiger partial charge on any atom is -0.493 e. The molecule has 1 amide bonds. The largest absolute Gasteiger partial charge is 0.493 e. The first-order valence-electron chi connectivity index (χ1n) is 11.1. The Balaban J connectivity index is 1.83. The predicted octanol–water partition coefficient (Wildman–Crippen LogP) is 6.56. The van der Waals surface area contributed by atoms with E-state index in [1.807, 2.05) is 43.4 Å². The number of nitrogens with zero attached hydrogens (tertiary/aromatic N) is 1. The molecule has 0 spiro atoms. The van der Waals surface area contributed by atoms with E-state index in [9.17, 15) is 4.79 Å². The zero-order chi connectivity index (χ0) is 25.4. The Morgan fingerprint density at radius 3 is 1.69 bits per heavy atom. The molecule has 3 rings (SSSR count). The summed E-state index contributed by atoms with van der Waals surface area (Å²) in [4.78, 5) is 15.0. The van der Waals surface area contributed by atoms with Gasteiger partial charge in [0.05, 0.1) is 21.3 Å². The smallest absolute Gasteiger partial charge is 0.246 e. The number of carbonyl (C=O) groups is 1. The van der Waals surface area contributed by atoms with Crippen molar-refractivity contribution in [2.24, 2.45) is 0 Å². The van der Waals surface area contributed by atoms with Gasteiger partial charge in [-0.3, -0.25) is 4.79 Å². The van der Waals surface area contributed by atoms with Gasteiger partial charge in [0.15, 0.2) is 11.5 Å². The van der Waals surface area contributed by atoms with Crippen LogP contribution in [0.3, 0.4) is 0 Å². The second-order valence-electron chi connectivity index (χ2n) is 8.06. The lowest BCUT2D eigenvalue weighted by atomic mass is 9.97. The second kappa shape index (κ2) is 12.8. The third kappa shape index (κ3) is 7.36. The van der Waals surface area contributed by atoms with Crippen LogP contribution < -0.4 is 14.2 Å².